The van der Waals surface area contributed by atoms with Gasteiger partial charge in [-0.1, -0.05) is 13.3 Å². The van der Waals surface area contributed by atoms with Crippen molar-refractivity contribution in [2.75, 3.05) is 33.3 Å². The van der Waals surface area contributed by atoms with Crippen LogP contribution in [0.4, 0.5) is 5.69 Å². The number of rotatable bonds is 9. The van der Waals surface area contributed by atoms with E-state index in [-0.39, 0.29) is 5.91 Å². The predicted octanol–water partition coefficient (Wildman–Crippen LogP) is 4.45. The molecule has 1 amide bonds. The Morgan fingerprint density at radius 2 is 1.63 bits per heavy atom. The first-order valence-corrected chi connectivity index (χ1v) is 8.88. The van der Waals surface area contributed by atoms with Gasteiger partial charge in [0.2, 0.25) is 0 Å². The summed E-state index contributed by atoms with van der Waals surface area (Å²) in [7, 11) is 4.70. The zero-order valence-corrected chi connectivity index (χ0v) is 16.5. The Morgan fingerprint density at radius 1 is 0.963 bits per heavy atom. The quantitative estimate of drug-likeness (QED) is 0.658. The summed E-state index contributed by atoms with van der Waals surface area (Å²) < 4.78 is 21.8. The monoisotopic (exact) mass is 373 g/mol. The maximum atomic E-state index is 12.8. The van der Waals surface area contributed by atoms with Gasteiger partial charge in [0.25, 0.3) is 5.91 Å². The number of carbonyl (C=O) groups excluding carboxylic acids is 1. The van der Waals surface area contributed by atoms with E-state index in [4.69, 9.17) is 18.9 Å². The first-order valence-electron chi connectivity index (χ1n) is 8.88. The Hall–Kier alpha value is -2.89. The molecule has 0 aliphatic rings. The topological polar surface area (TPSA) is 66.0 Å². The molecule has 2 aromatic rings. The number of amides is 1. The van der Waals surface area contributed by atoms with Gasteiger partial charge in [0.05, 0.1) is 33.6 Å². The van der Waals surface area contributed by atoms with E-state index < -0.39 is 0 Å². The van der Waals surface area contributed by atoms with Crippen molar-refractivity contribution in [3.63, 3.8) is 0 Å². The minimum absolute atomic E-state index is 0.291. The van der Waals surface area contributed by atoms with Crippen LogP contribution >= 0.6 is 0 Å². The fourth-order valence-corrected chi connectivity index (χ4v) is 2.60. The lowest BCUT2D eigenvalue weighted by Crippen LogP contribution is -2.14. The number of methoxy groups -OCH3 is 3. The van der Waals surface area contributed by atoms with Crippen LogP contribution in [0.2, 0.25) is 0 Å². The number of unbranched alkanes of at least 4 members (excludes halogenated alkanes) is 1. The van der Waals surface area contributed by atoms with Crippen molar-refractivity contribution < 1.29 is 23.7 Å². The van der Waals surface area contributed by atoms with Crippen LogP contribution in [0.1, 0.15) is 35.7 Å². The summed E-state index contributed by atoms with van der Waals surface area (Å²) in [5.41, 5.74) is 1.81. The minimum Gasteiger partial charge on any atom is -0.497 e. The third-order valence-corrected chi connectivity index (χ3v) is 4.20. The van der Waals surface area contributed by atoms with E-state index in [1.165, 1.54) is 0 Å². The van der Waals surface area contributed by atoms with Gasteiger partial charge in [0, 0.05) is 17.2 Å². The molecule has 0 radical (unpaired) electrons. The maximum absolute atomic E-state index is 12.8. The summed E-state index contributed by atoms with van der Waals surface area (Å²) in [6.07, 6.45) is 1.96. The molecule has 2 rings (SSSR count). The molecule has 0 saturated carbocycles. The highest BCUT2D eigenvalue weighted by Crippen LogP contribution is 2.32. The molecule has 146 valence electrons. The first kappa shape index (κ1) is 20.4. The largest absolute Gasteiger partial charge is 0.497 e. The molecular formula is C21H27NO5. The van der Waals surface area contributed by atoms with E-state index in [2.05, 4.69) is 12.2 Å². The molecule has 0 spiro atoms. The molecule has 1 N–H and O–H groups in total. The lowest BCUT2D eigenvalue weighted by molar-refractivity contribution is 0.102. The van der Waals surface area contributed by atoms with Crippen LogP contribution in [-0.4, -0.2) is 33.8 Å². The van der Waals surface area contributed by atoms with Crippen LogP contribution < -0.4 is 24.3 Å². The molecule has 6 nitrogen and oxygen atoms in total. The van der Waals surface area contributed by atoms with Crippen LogP contribution in [0.5, 0.6) is 23.0 Å². The van der Waals surface area contributed by atoms with Crippen LogP contribution in [0, 0.1) is 6.92 Å². The molecule has 0 unspecified atom stereocenters. The maximum Gasteiger partial charge on any atom is 0.256 e. The summed E-state index contributed by atoms with van der Waals surface area (Å²) in [5.74, 6) is 2.12. The third kappa shape index (κ3) is 5.06. The smallest absolute Gasteiger partial charge is 0.256 e. The Bertz CT molecular complexity index is 763. The number of ether oxygens (including phenoxy) is 4. The second-order valence-corrected chi connectivity index (χ2v) is 6.02. The van der Waals surface area contributed by atoms with Crippen molar-refractivity contribution in [1.29, 1.82) is 0 Å². The van der Waals surface area contributed by atoms with Gasteiger partial charge in [-0.2, -0.15) is 0 Å². The molecule has 0 bridgehead atoms. The van der Waals surface area contributed by atoms with E-state index in [1.807, 2.05) is 6.92 Å². The fraction of sp³-hybridized carbons (Fsp3) is 0.381. The number of nitrogens with one attached hydrogen (secondary N) is 1. The van der Waals surface area contributed by atoms with Crippen LogP contribution in [-0.2, 0) is 0 Å². The van der Waals surface area contributed by atoms with Gasteiger partial charge in [-0.25, -0.2) is 0 Å². The van der Waals surface area contributed by atoms with Crippen molar-refractivity contribution in [3.05, 3.63) is 41.5 Å². The van der Waals surface area contributed by atoms with Gasteiger partial charge in [0.1, 0.15) is 23.0 Å². The molecule has 2 aromatic carbocycles. The summed E-state index contributed by atoms with van der Waals surface area (Å²) in [5, 5.41) is 2.90. The average molecular weight is 373 g/mol. The fourth-order valence-electron chi connectivity index (χ4n) is 2.60. The Kier molecular flexibility index (Phi) is 7.34. The molecule has 0 saturated heterocycles. The second kappa shape index (κ2) is 9.71. The molecule has 27 heavy (non-hydrogen) atoms. The highest BCUT2D eigenvalue weighted by molar-refractivity contribution is 6.05. The van der Waals surface area contributed by atoms with Gasteiger partial charge in [0.15, 0.2) is 0 Å². The minimum atomic E-state index is -0.291. The summed E-state index contributed by atoms with van der Waals surface area (Å²) in [6, 6.07) is 8.70. The Morgan fingerprint density at radius 3 is 2.19 bits per heavy atom. The average Bonchev–Trinajstić information content (AvgIpc) is 2.69. The van der Waals surface area contributed by atoms with E-state index >= 15 is 0 Å². The molecular weight excluding hydrogens is 346 g/mol. The molecule has 6 heteroatoms. The molecule has 0 fully saturated rings. The summed E-state index contributed by atoms with van der Waals surface area (Å²) >= 11 is 0. The van der Waals surface area contributed by atoms with Gasteiger partial charge in [-0.3, -0.25) is 4.79 Å². The SMILES string of the molecule is CCCCOc1ccc(OC)cc1NC(=O)c1cc(OC)c(C)c(OC)c1. The second-order valence-electron chi connectivity index (χ2n) is 6.02. The standard InChI is InChI=1S/C21H27NO5/c1-6-7-10-27-18-9-8-16(24-3)13-17(18)22-21(23)15-11-19(25-4)14(2)20(12-15)26-5/h8-9,11-13H,6-7,10H2,1-5H3,(H,22,23). The van der Waals surface area contributed by atoms with Crippen LogP contribution in [0.15, 0.2) is 30.3 Å². The Labute approximate surface area is 160 Å². The van der Waals surface area contributed by atoms with Crippen LogP contribution in [0.3, 0.4) is 0 Å². The molecule has 0 aromatic heterocycles. The van der Waals surface area contributed by atoms with Crippen molar-refractivity contribution in [1.82, 2.24) is 0 Å². The zero-order valence-electron chi connectivity index (χ0n) is 16.5. The zero-order chi connectivity index (χ0) is 19.8. The van der Waals surface area contributed by atoms with Crippen LogP contribution in [0.25, 0.3) is 0 Å². The Balaban J connectivity index is 2.31. The van der Waals surface area contributed by atoms with Crippen molar-refractivity contribution in [3.8, 4) is 23.0 Å². The molecule has 0 atom stereocenters. The predicted molar refractivity (Wildman–Crippen MR) is 106 cm³/mol. The summed E-state index contributed by atoms with van der Waals surface area (Å²) in [4.78, 5) is 12.8. The number of benzene rings is 2. The lowest BCUT2D eigenvalue weighted by Gasteiger charge is -2.15. The van der Waals surface area contributed by atoms with Gasteiger partial charge < -0.3 is 24.3 Å². The number of carbonyl (C=O) groups is 1. The number of anilines is 1. The van der Waals surface area contributed by atoms with Crippen molar-refractivity contribution in [2.45, 2.75) is 26.7 Å². The molecule has 0 aliphatic carbocycles. The van der Waals surface area contributed by atoms with Gasteiger partial charge in [-0.15, -0.1) is 0 Å². The van der Waals surface area contributed by atoms with Gasteiger partial charge in [-0.05, 0) is 37.6 Å². The van der Waals surface area contributed by atoms with Gasteiger partial charge >= 0.3 is 0 Å². The van der Waals surface area contributed by atoms with E-state index in [9.17, 15) is 4.79 Å². The first-order chi connectivity index (χ1) is 13.0. The highest BCUT2D eigenvalue weighted by Gasteiger charge is 2.16. The van der Waals surface area contributed by atoms with Crippen molar-refractivity contribution in [2.24, 2.45) is 0 Å². The highest BCUT2D eigenvalue weighted by atomic mass is 16.5. The normalized spacial score (nSPS) is 10.3. The van der Waals surface area contributed by atoms with E-state index in [1.54, 1.807) is 51.7 Å². The van der Waals surface area contributed by atoms with E-state index in [0.29, 0.717) is 40.9 Å². The summed E-state index contributed by atoms with van der Waals surface area (Å²) in [6.45, 7) is 4.55. The molecule has 0 heterocycles. The molecule has 0 aliphatic heterocycles. The number of hydrogen-bond donors (Lipinski definition) is 1. The lowest BCUT2D eigenvalue weighted by atomic mass is 10.1. The number of hydrogen-bond acceptors (Lipinski definition) is 5. The van der Waals surface area contributed by atoms with E-state index in [0.717, 1.165) is 18.4 Å². The third-order valence-electron chi connectivity index (χ3n) is 4.20. The van der Waals surface area contributed by atoms with Crippen molar-refractivity contribution >= 4 is 11.6 Å².